The number of hydrogen-bond acceptors (Lipinski definition) is 0. The van der Waals surface area contributed by atoms with Crippen LogP contribution in [0.5, 0.6) is 0 Å². The van der Waals surface area contributed by atoms with Gasteiger partial charge in [-0.1, -0.05) is 39.0 Å². The summed E-state index contributed by atoms with van der Waals surface area (Å²) in [6.07, 6.45) is 7.05. The summed E-state index contributed by atoms with van der Waals surface area (Å²) in [5.41, 5.74) is 0. The summed E-state index contributed by atoms with van der Waals surface area (Å²) in [5, 5.41) is 0. The van der Waals surface area contributed by atoms with Crippen molar-refractivity contribution in [1.82, 2.24) is 0 Å². The van der Waals surface area contributed by atoms with Crippen molar-refractivity contribution in [3.63, 3.8) is 0 Å². The molecule has 0 amide bonds. The Hall–Kier alpha value is 1.22. The maximum atomic E-state index is 4.95. The van der Waals surface area contributed by atoms with Crippen LogP contribution in [0.15, 0.2) is 0 Å². The van der Waals surface area contributed by atoms with E-state index < -0.39 is 15.4 Å². The van der Waals surface area contributed by atoms with Gasteiger partial charge in [0, 0.05) is 0 Å². The van der Waals surface area contributed by atoms with Gasteiger partial charge in [0.15, 0.2) is 0 Å². The number of rotatable bonds is 0. The van der Waals surface area contributed by atoms with E-state index in [1.807, 2.05) is 0 Å². The topological polar surface area (TPSA) is 0 Å². The van der Waals surface area contributed by atoms with Gasteiger partial charge in [0.1, 0.15) is 0 Å². The predicted molar refractivity (Wildman–Crippen MR) is 50.8 cm³/mol. The Morgan fingerprint density at radius 2 is 1.50 bits per heavy atom. The molecule has 0 bridgehead atoms. The Morgan fingerprint density at radius 3 is 1.70 bits per heavy atom. The van der Waals surface area contributed by atoms with Crippen molar-refractivity contribution in [3.8, 4) is 0 Å². The molecule has 10 heavy (non-hydrogen) atoms. The second-order valence-corrected chi connectivity index (χ2v) is 7.23. The molecular formula is C7H14Cl2Ga. The molecule has 3 heteroatoms. The molecule has 0 N–H and O–H groups in total. The zero-order valence-electron chi connectivity index (χ0n) is 6.28. The molecule has 1 saturated carbocycles. The fourth-order valence-corrected chi connectivity index (χ4v) is 1.19. The summed E-state index contributed by atoms with van der Waals surface area (Å²) in [5.74, 6) is 0.786. The Balaban J connectivity index is 0.000000236. The van der Waals surface area contributed by atoms with Crippen LogP contribution < -0.4 is 0 Å². The summed E-state index contributed by atoms with van der Waals surface area (Å²) in [4.78, 5) is 0. The average molecular weight is 239 g/mol. The monoisotopic (exact) mass is 237 g/mol. The molecule has 0 aliphatic heterocycles. The van der Waals surface area contributed by atoms with Crippen LogP contribution in [-0.4, -0.2) is 15.4 Å². The van der Waals surface area contributed by atoms with Crippen LogP contribution in [0.25, 0.3) is 0 Å². The van der Waals surface area contributed by atoms with Crippen molar-refractivity contribution in [2.45, 2.75) is 32.1 Å². The quantitative estimate of drug-likeness (QED) is 0.569. The molecule has 0 aromatic heterocycles. The van der Waals surface area contributed by atoms with Crippen molar-refractivity contribution >= 4 is 34.7 Å². The molecule has 0 nitrogen and oxygen atoms in total. The summed E-state index contributed by atoms with van der Waals surface area (Å²) in [7, 11) is 9.90. The summed E-state index contributed by atoms with van der Waals surface area (Å²) in [6, 6.07) is 0. The molecule has 1 rings (SSSR count). The average Bonchev–Trinajstić information content (AvgIpc) is 1.91. The van der Waals surface area contributed by atoms with Crippen molar-refractivity contribution in [2.75, 3.05) is 0 Å². The van der Waals surface area contributed by atoms with Crippen molar-refractivity contribution in [3.05, 3.63) is 6.92 Å². The van der Waals surface area contributed by atoms with Gasteiger partial charge in [-0.15, -0.1) is 0 Å². The van der Waals surface area contributed by atoms with E-state index in [2.05, 4.69) is 6.92 Å². The number of halogens is 2. The standard InChI is InChI=1S/C7H13.2ClH.Ga.H/c1-7-5-3-2-4-6-7;;;;/h7H,1-6H2;2*1H;;/q;;;+2;/p-2. The molecule has 0 aromatic rings. The van der Waals surface area contributed by atoms with E-state index in [1.54, 1.807) is 0 Å². The van der Waals surface area contributed by atoms with Crippen LogP contribution in [0.3, 0.4) is 0 Å². The fourth-order valence-electron chi connectivity index (χ4n) is 1.19. The molecular weight excluding hydrogens is 225 g/mol. The van der Waals surface area contributed by atoms with Crippen LogP contribution in [0, 0.1) is 12.8 Å². The molecule has 0 saturated heterocycles. The van der Waals surface area contributed by atoms with Crippen molar-refractivity contribution < 1.29 is 0 Å². The summed E-state index contributed by atoms with van der Waals surface area (Å²) < 4.78 is 0. The maximum absolute atomic E-state index is 4.95. The molecule has 0 heterocycles. The molecule has 0 spiro atoms. The molecule has 1 fully saturated rings. The first-order valence-electron chi connectivity index (χ1n) is 3.76. The number of hydrogen-bond donors (Lipinski definition) is 0. The Labute approximate surface area is 79.5 Å². The van der Waals surface area contributed by atoms with Gasteiger partial charge in [-0.3, -0.25) is 0 Å². The van der Waals surface area contributed by atoms with Crippen LogP contribution in [0.1, 0.15) is 32.1 Å². The Morgan fingerprint density at radius 1 is 1.10 bits per heavy atom. The fraction of sp³-hybridized carbons (Fsp3) is 0.857. The molecule has 0 aromatic carbocycles. The van der Waals surface area contributed by atoms with E-state index in [4.69, 9.17) is 19.3 Å². The molecule has 0 unspecified atom stereocenters. The van der Waals surface area contributed by atoms with E-state index in [1.165, 1.54) is 32.1 Å². The van der Waals surface area contributed by atoms with Crippen molar-refractivity contribution in [1.29, 1.82) is 0 Å². The van der Waals surface area contributed by atoms with Crippen molar-refractivity contribution in [2.24, 2.45) is 5.92 Å². The molecule has 1 radical (unpaired) electrons. The molecule has 59 valence electrons. The molecule has 1 aliphatic carbocycles. The summed E-state index contributed by atoms with van der Waals surface area (Å²) >= 11 is -0.931. The SMILES string of the molecule is [CH2]C1CCCCC1.[Cl][GaH][Cl]. The second kappa shape index (κ2) is 8.31. The third kappa shape index (κ3) is 7.32. The predicted octanol–water partition coefficient (Wildman–Crippen LogP) is 3.13. The van der Waals surface area contributed by atoms with E-state index in [9.17, 15) is 0 Å². The normalized spacial score (nSPS) is 19.1. The third-order valence-electron chi connectivity index (χ3n) is 1.72. The second-order valence-electron chi connectivity index (χ2n) is 2.61. The summed E-state index contributed by atoms with van der Waals surface area (Å²) in [6.45, 7) is 4.00. The Bertz CT molecular complexity index is 62.6. The molecule has 0 atom stereocenters. The van der Waals surface area contributed by atoms with E-state index in [0.717, 1.165) is 5.92 Å². The van der Waals surface area contributed by atoms with E-state index in [0.29, 0.717) is 0 Å². The van der Waals surface area contributed by atoms with Gasteiger partial charge in [-0.2, -0.15) is 0 Å². The van der Waals surface area contributed by atoms with Gasteiger partial charge in [-0.05, 0) is 5.92 Å². The minimum absolute atomic E-state index is 0.786. The zero-order valence-corrected chi connectivity index (χ0v) is 10.8. The van der Waals surface area contributed by atoms with Gasteiger partial charge in [0.25, 0.3) is 0 Å². The van der Waals surface area contributed by atoms with Crippen LogP contribution in [0.2, 0.25) is 0 Å². The molecule has 1 aliphatic rings. The third-order valence-corrected chi connectivity index (χ3v) is 1.72. The first-order chi connectivity index (χ1) is 4.81. The first-order valence-corrected chi connectivity index (χ1v) is 11.6. The van der Waals surface area contributed by atoms with Crippen LogP contribution in [0.4, 0.5) is 0 Å². The van der Waals surface area contributed by atoms with E-state index >= 15 is 0 Å². The van der Waals surface area contributed by atoms with Gasteiger partial charge >= 0.3 is 34.7 Å². The van der Waals surface area contributed by atoms with Gasteiger partial charge < -0.3 is 0 Å². The van der Waals surface area contributed by atoms with Crippen LogP contribution >= 0.6 is 19.3 Å². The van der Waals surface area contributed by atoms with Crippen LogP contribution in [-0.2, 0) is 0 Å². The van der Waals surface area contributed by atoms with E-state index in [-0.39, 0.29) is 0 Å². The first kappa shape index (κ1) is 11.2. The zero-order chi connectivity index (χ0) is 7.82. The Kier molecular flexibility index (Phi) is 9.33. The van der Waals surface area contributed by atoms with Gasteiger partial charge in [-0.25, -0.2) is 0 Å². The van der Waals surface area contributed by atoms with Gasteiger partial charge in [0.05, 0.1) is 0 Å². The van der Waals surface area contributed by atoms with Gasteiger partial charge in [0.2, 0.25) is 0 Å². The minimum atomic E-state index is -0.931.